The summed E-state index contributed by atoms with van der Waals surface area (Å²) in [6, 6.07) is 7.47. The highest BCUT2D eigenvalue weighted by Crippen LogP contribution is 2.25. The molecular formula is C14H11FN2O3S. The number of benzene rings is 2. The topological polar surface area (TPSA) is 95.6 Å². The lowest BCUT2D eigenvalue weighted by atomic mass is 10.1. The highest BCUT2D eigenvalue weighted by Gasteiger charge is 2.12. The van der Waals surface area contributed by atoms with E-state index in [1.807, 2.05) is 0 Å². The third kappa shape index (κ3) is 3.26. The van der Waals surface area contributed by atoms with Crippen molar-refractivity contribution in [2.24, 2.45) is 5.73 Å². The van der Waals surface area contributed by atoms with Gasteiger partial charge in [-0.1, -0.05) is 12.2 Å². The number of phenolic OH excluding ortho intramolecular Hbond substituents is 2. The molecule has 108 valence electrons. The number of nitrogens with one attached hydrogen (secondary N) is 1. The van der Waals surface area contributed by atoms with Crippen LogP contribution in [-0.4, -0.2) is 21.1 Å². The van der Waals surface area contributed by atoms with Crippen LogP contribution in [0.2, 0.25) is 0 Å². The average molecular weight is 306 g/mol. The van der Waals surface area contributed by atoms with Crippen LogP contribution in [0.5, 0.6) is 11.5 Å². The van der Waals surface area contributed by atoms with Crippen LogP contribution in [0.25, 0.3) is 0 Å². The Kier molecular flexibility index (Phi) is 4.04. The lowest BCUT2D eigenvalue weighted by Crippen LogP contribution is -2.14. The maximum atomic E-state index is 13.8. The summed E-state index contributed by atoms with van der Waals surface area (Å²) in [5, 5.41) is 20.9. The fourth-order valence-corrected chi connectivity index (χ4v) is 1.76. The number of nitrogens with two attached hydrogens (primary N) is 1. The molecule has 2 rings (SSSR count). The number of aromatic hydroxyl groups is 2. The molecule has 0 heterocycles. The van der Waals surface area contributed by atoms with Crippen molar-refractivity contribution in [1.82, 2.24) is 0 Å². The lowest BCUT2D eigenvalue weighted by Gasteiger charge is -2.08. The summed E-state index contributed by atoms with van der Waals surface area (Å²) in [5.41, 5.74) is 5.76. The number of carbonyl (C=O) groups excluding carboxylic acids is 1. The van der Waals surface area contributed by atoms with Gasteiger partial charge in [-0.25, -0.2) is 4.39 Å². The molecule has 7 heteroatoms. The molecular weight excluding hydrogens is 295 g/mol. The van der Waals surface area contributed by atoms with Gasteiger partial charge in [-0.05, 0) is 36.4 Å². The molecule has 0 unspecified atom stereocenters. The first-order valence-electron chi connectivity index (χ1n) is 5.81. The number of rotatable bonds is 3. The quantitative estimate of drug-likeness (QED) is 0.514. The van der Waals surface area contributed by atoms with E-state index in [-0.39, 0.29) is 22.0 Å². The van der Waals surface area contributed by atoms with Crippen LogP contribution in [0, 0.1) is 5.82 Å². The van der Waals surface area contributed by atoms with Gasteiger partial charge in [-0.2, -0.15) is 0 Å². The van der Waals surface area contributed by atoms with Gasteiger partial charge in [0.05, 0.1) is 5.69 Å². The summed E-state index contributed by atoms with van der Waals surface area (Å²) in [6.07, 6.45) is 0. The largest absolute Gasteiger partial charge is 0.504 e. The zero-order valence-electron chi connectivity index (χ0n) is 10.6. The molecule has 5 nitrogen and oxygen atoms in total. The molecule has 0 fully saturated rings. The van der Waals surface area contributed by atoms with Gasteiger partial charge in [-0.15, -0.1) is 0 Å². The molecule has 0 aromatic heterocycles. The second-order valence-corrected chi connectivity index (χ2v) is 4.66. The fraction of sp³-hybridized carbons (Fsp3) is 0. The smallest absolute Gasteiger partial charge is 0.255 e. The van der Waals surface area contributed by atoms with Gasteiger partial charge in [0, 0.05) is 11.1 Å². The SMILES string of the molecule is NC(=S)c1ccc(NC(=O)c2ccc(O)c(O)c2)c(F)c1. The first-order valence-corrected chi connectivity index (χ1v) is 6.22. The Bertz CT molecular complexity index is 734. The van der Waals surface area contributed by atoms with Crippen molar-refractivity contribution < 1.29 is 19.4 Å². The third-order valence-corrected chi connectivity index (χ3v) is 2.98. The van der Waals surface area contributed by atoms with Gasteiger partial charge >= 0.3 is 0 Å². The minimum atomic E-state index is -0.684. The van der Waals surface area contributed by atoms with E-state index in [0.29, 0.717) is 5.56 Å². The molecule has 0 aliphatic carbocycles. The fourth-order valence-electron chi connectivity index (χ4n) is 1.63. The first-order chi connectivity index (χ1) is 9.88. The van der Waals surface area contributed by atoms with Gasteiger partial charge < -0.3 is 21.3 Å². The minimum absolute atomic E-state index is 0.0486. The summed E-state index contributed by atoms with van der Waals surface area (Å²) in [7, 11) is 0. The van der Waals surface area contributed by atoms with Gasteiger partial charge in [0.25, 0.3) is 5.91 Å². The predicted molar refractivity (Wildman–Crippen MR) is 80.0 cm³/mol. The monoisotopic (exact) mass is 306 g/mol. The van der Waals surface area contributed by atoms with Gasteiger partial charge in [-0.3, -0.25) is 4.79 Å². The Morgan fingerprint density at radius 1 is 1.10 bits per heavy atom. The highest BCUT2D eigenvalue weighted by atomic mass is 32.1. The lowest BCUT2D eigenvalue weighted by molar-refractivity contribution is 0.102. The van der Waals surface area contributed by atoms with Gasteiger partial charge in [0.15, 0.2) is 11.5 Å². The molecule has 0 atom stereocenters. The summed E-state index contributed by atoms with van der Waals surface area (Å²) in [4.78, 5) is 12.0. The van der Waals surface area contributed by atoms with Gasteiger partial charge in [0.1, 0.15) is 10.8 Å². The Hall–Kier alpha value is -2.67. The first kappa shape index (κ1) is 14.7. The summed E-state index contributed by atoms with van der Waals surface area (Å²) >= 11 is 4.73. The second-order valence-electron chi connectivity index (χ2n) is 4.22. The van der Waals surface area contributed by atoms with Crippen LogP contribution >= 0.6 is 12.2 Å². The number of carbonyl (C=O) groups is 1. The van der Waals surface area contributed by atoms with E-state index in [4.69, 9.17) is 18.0 Å². The maximum Gasteiger partial charge on any atom is 0.255 e. The number of hydrogen-bond donors (Lipinski definition) is 4. The molecule has 0 aliphatic rings. The number of phenols is 2. The van der Waals surface area contributed by atoms with E-state index in [2.05, 4.69) is 5.32 Å². The number of amides is 1. The van der Waals surface area contributed by atoms with Crippen molar-refractivity contribution in [3.63, 3.8) is 0 Å². The predicted octanol–water partition coefficient (Wildman–Crippen LogP) is 2.12. The highest BCUT2D eigenvalue weighted by molar-refractivity contribution is 7.80. The molecule has 2 aromatic rings. The van der Waals surface area contributed by atoms with Crippen molar-refractivity contribution in [2.45, 2.75) is 0 Å². The van der Waals surface area contributed by atoms with Crippen LogP contribution in [0.15, 0.2) is 36.4 Å². The van der Waals surface area contributed by atoms with Crippen LogP contribution in [-0.2, 0) is 0 Å². The summed E-state index contributed by atoms with van der Waals surface area (Å²) in [5.74, 6) is -2.10. The minimum Gasteiger partial charge on any atom is -0.504 e. The molecule has 2 aromatic carbocycles. The Balaban J connectivity index is 2.23. The Labute approximate surface area is 124 Å². The molecule has 0 saturated carbocycles. The second kappa shape index (κ2) is 5.76. The van der Waals surface area contributed by atoms with E-state index in [9.17, 15) is 19.4 Å². The van der Waals surface area contributed by atoms with E-state index < -0.39 is 17.5 Å². The van der Waals surface area contributed by atoms with Crippen molar-refractivity contribution in [2.75, 3.05) is 5.32 Å². The molecule has 0 aliphatic heterocycles. The van der Waals surface area contributed by atoms with Crippen LogP contribution in [0.4, 0.5) is 10.1 Å². The van der Waals surface area contributed by atoms with Gasteiger partial charge in [0.2, 0.25) is 0 Å². The van der Waals surface area contributed by atoms with Crippen molar-refractivity contribution in [3.8, 4) is 11.5 Å². The number of halogens is 1. The third-order valence-electron chi connectivity index (χ3n) is 2.74. The maximum absolute atomic E-state index is 13.8. The molecule has 1 amide bonds. The zero-order valence-corrected chi connectivity index (χ0v) is 11.4. The molecule has 21 heavy (non-hydrogen) atoms. The molecule has 0 bridgehead atoms. The van der Waals surface area contributed by atoms with Crippen LogP contribution in [0.1, 0.15) is 15.9 Å². The standard InChI is InChI=1S/C14H11FN2O3S/c15-9-5-7(13(16)21)1-3-10(9)17-14(20)8-2-4-11(18)12(19)6-8/h1-6,18-19H,(H2,16,21)(H,17,20). The van der Waals surface area contributed by atoms with E-state index in [1.54, 1.807) is 0 Å². The van der Waals surface area contributed by atoms with Crippen LogP contribution in [0.3, 0.4) is 0 Å². The van der Waals surface area contributed by atoms with E-state index >= 15 is 0 Å². The Morgan fingerprint density at radius 2 is 1.76 bits per heavy atom. The number of hydrogen-bond acceptors (Lipinski definition) is 4. The molecule has 0 radical (unpaired) electrons. The molecule has 0 saturated heterocycles. The van der Waals surface area contributed by atoms with Crippen molar-refractivity contribution >= 4 is 28.8 Å². The molecule has 5 N–H and O–H groups in total. The van der Waals surface area contributed by atoms with Crippen LogP contribution < -0.4 is 11.1 Å². The summed E-state index contributed by atoms with van der Waals surface area (Å²) < 4.78 is 13.8. The van der Waals surface area contributed by atoms with Crippen molar-refractivity contribution in [1.29, 1.82) is 0 Å². The van der Waals surface area contributed by atoms with Crippen molar-refractivity contribution in [3.05, 3.63) is 53.3 Å². The zero-order chi connectivity index (χ0) is 15.6. The van der Waals surface area contributed by atoms with E-state index in [1.165, 1.54) is 18.2 Å². The number of anilines is 1. The average Bonchev–Trinajstić information content (AvgIpc) is 2.43. The number of thiocarbonyl (C=S) groups is 1. The Morgan fingerprint density at radius 3 is 2.33 bits per heavy atom. The summed E-state index contributed by atoms with van der Waals surface area (Å²) in [6.45, 7) is 0. The molecule has 0 spiro atoms. The normalized spacial score (nSPS) is 10.1. The van der Waals surface area contributed by atoms with E-state index in [0.717, 1.165) is 18.2 Å².